The Morgan fingerprint density at radius 1 is 1.00 bits per heavy atom. The summed E-state index contributed by atoms with van der Waals surface area (Å²) in [6.45, 7) is 2.54. The maximum atomic E-state index is 13.2. The lowest BCUT2D eigenvalue weighted by Crippen LogP contribution is -2.24. The Balaban J connectivity index is 1.84. The number of carbonyl (C=O) groups is 3. The van der Waals surface area contributed by atoms with Crippen molar-refractivity contribution in [2.24, 2.45) is 0 Å². The third-order valence-electron chi connectivity index (χ3n) is 4.67. The molecule has 0 spiro atoms. The number of esters is 1. The molecule has 3 aromatic rings. The monoisotopic (exact) mass is 424 g/mol. The quantitative estimate of drug-likeness (QED) is 0.348. The maximum absolute atomic E-state index is 13.2. The largest absolute Gasteiger partial charge is 0.458 e. The van der Waals surface area contributed by atoms with E-state index in [1.165, 1.54) is 4.68 Å². The molecule has 7 nitrogen and oxygen atoms in total. The van der Waals surface area contributed by atoms with Crippen molar-refractivity contribution in [1.29, 1.82) is 0 Å². The van der Waals surface area contributed by atoms with E-state index >= 15 is 0 Å². The number of halogens is 1. The van der Waals surface area contributed by atoms with Gasteiger partial charge in [-0.1, -0.05) is 35.9 Å². The predicted octanol–water partition coefficient (Wildman–Crippen LogP) is 3.49. The highest BCUT2D eigenvalue weighted by atomic mass is 35.5. The molecule has 152 valence electrons. The topological polar surface area (TPSA) is 87.5 Å². The fourth-order valence-corrected chi connectivity index (χ4v) is 3.43. The fourth-order valence-electron chi connectivity index (χ4n) is 3.30. The second-order valence-corrected chi connectivity index (χ2v) is 6.93. The molecule has 1 aliphatic carbocycles. The van der Waals surface area contributed by atoms with Crippen LogP contribution in [0.3, 0.4) is 0 Å². The van der Waals surface area contributed by atoms with Crippen LogP contribution in [0, 0.1) is 0 Å². The molecule has 0 unspecified atom stereocenters. The maximum Gasteiger partial charge on any atom is 0.359 e. The van der Waals surface area contributed by atoms with Crippen LogP contribution < -0.4 is 0 Å². The zero-order valence-corrected chi connectivity index (χ0v) is 16.8. The Morgan fingerprint density at radius 3 is 2.33 bits per heavy atom. The van der Waals surface area contributed by atoms with Gasteiger partial charge < -0.3 is 9.47 Å². The molecule has 1 heterocycles. The minimum absolute atomic E-state index is 0.00791. The Hall–Kier alpha value is -3.29. The van der Waals surface area contributed by atoms with Crippen molar-refractivity contribution < 1.29 is 23.9 Å². The average Bonchev–Trinajstić information content (AvgIpc) is 3.17. The first-order valence-electron chi connectivity index (χ1n) is 9.35. The molecule has 1 aliphatic rings. The van der Waals surface area contributed by atoms with E-state index in [-0.39, 0.29) is 41.3 Å². The number of aromatic nitrogens is 2. The van der Waals surface area contributed by atoms with Gasteiger partial charge in [0.25, 0.3) is 0 Å². The molecule has 0 radical (unpaired) electrons. The van der Waals surface area contributed by atoms with Crippen LogP contribution in [0.1, 0.15) is 49.4 Å². The van der Waals surface area contributed by atoms with E-state index in [9.17, 15) is 14.4 Å². The highest BCUT2D eigenvalue weighted by Crippen LogP contribution is 2.31. The van der Waals surface area contributed by atoms with Crippen molar-refractivity contribution >= 4 is 29.1 Å². The van der Waals surface area contributed by atoms with Gasteiger partial charge in [-0.3, -0.25) is 9.59 Å². The van der Waals surface area contributed by atoms with Crippen molar-refractivity contribution in [2.45, 2.75) is 6.92 Å². The van der Waals surface area contributed by atoms with Gasteiger partial charge in [-0.25, -0.2) is 9.48 Å². The first-order chi connectivity index (χ1) is 14.5. The van der Waals surface area contributed by atoms with Gasteiger partial charge in [0.1, 0.15) is 12.3 Å². The first-order valence-corrected chi connectivity index (χ1v) is 9.73. The van der Waals surface area contributed by atoms with E-state index in [4.69, 9.17) is 21.1 Å². The first kappa shape index (κ1) is 20.0. The summed E-state index contributed by atoms with van der Waals surface area (Å²) in [5.41, 5.74) is 0.747. The van der Waals surface area contributed by atoms with Gasteiger partial charge >= 0.3 is 5.97 Å². The number of hydrogen-bond acceptors (Lipinski definition) is 6. The predicted molar refractivity (Wildman–Crippen MR) is 109 cm³/mol. The molecule has 30 heavy (non-hydrogen) atoms. The van der Waals surface area contributed by atoms with Crippen LogP contribution in [0.5, 0.6) is 0 Å². The smallest absolute Gasteiger partial charge is 0.359 e. The summed E-state index contributed by atoms with van der Waals surface area (Å²) in [6, 6.07) is 13.1. The number of fused-ring (bicyclic) bond motifs is 2. The number of rotatable bonds is 6. The Kier molecular flexibility index (Phi) is 5.48. The zero-order valence-electron chi connectivity index (χ0n) is 16.1. The molecule has 0 aliphatic heterocycles. The number of ketones is 2. The molecule has 0 N–H and O–H groups in total. The van der Waals surface area contributed by atoms with Crippen LogP contribution in [0.4, 0.5) is 0 Å². The summed E-state index contributed by atoms with van der Waals surface area (Å²) in [6.07, 6.45) is 0. The molecular weight excluding hydrogens is 408 g/mol. The third kappa shape index (κ3) is 3.42. The van der Waals surface area contributed by atoms with Crippen molar-refractivity contribution in [3.05, 3.63) is 81.6 Å². The van der Waals surface area contributed by atoms with Crippen molar-refractivity contribution in [1.82, 2.24) is 9.78 Å². The molecule has 0 saturated carbocycles. The highest BCUT2D eigenvalue weighted by molar-refractivity contribution is 6.31. The molecular formula is C22H17ClN2O5. The summed E-state index contributed by atoms with van der Waals surface area (Å²) < 4.78 is 11.7. The second-order valence-electron chi connectivity index (χ2n) is 6.50. The summed E-state index contributed by atoms with van der Waals surface area (Å²) >= 11 is 5.96. The molecule has 0 atom stereocenters. The minimum atomic E-state index is -0.792. The van der Waals surface area contributed by atoms with Crippen LogP contribution in [-0.4, -0.2) is 47.1 Å². The molecule has 0 fully saturated rings. The van der Waals surface area contributed by atoms with Gasteiger partial charge in [0.2, 0.25) is 5.78 Å². The van der Waals surface area contributed by atoms with E-state index in [1.807, 2.05) is 6.92 Å². The van der Waals surface area contributed by atoms with Crippen molar-refractivity contribution in [3.63, 3.8) is 0 Å². The van der Waals surface area contributed by atoms with Gasteiger partial charge in [0.15, 0.2) is 11.5 Å². The highest BCUT2D eigenvalue weighted by Gasteiger charge is 2.39. The van der Waals surface area contributed by atoms with Crippen LogP contribution in [0.15, 0.2) is 48.5 Å². The van der Waals surface area contributed by atoms with E-state index in [1.54, 1.807) is 48.5 Å². The zero-order chi connectivity index (χ0) is 21.3. The van der Waals surface area contributed by atoms with E-state index in [2.05, 4.69) is 5.10 Å². The van der Waals surface area contributed by atoms with Gasteiger partial charge in [0.05, 0.1) is 17.9 Å². The lowest BCUT2D eigenvalue weighted by Gasteiger charge is -2.16. The Bertz CT molecular complexity index is 1150. The molecule has 4 rings (SSSR count). The fraction of sp³-hybridized carbons (Fsp3) is 0.182. The number of nitrogens with zero attached hydrogens (tertiary/aromatic N) is 2. The van der Waals surface area contributed by atoms with Crippen LogP contribution in [0.2, 0.25) is 5.02 Å². The van der Waals surface area contributed by atoms with Crippen LogP contribution in [0.25, 0.3) is 5.69 Å². The lowest BCUT2D eigenvalue weighted by molar-refractivity contribution is 0.0327. The molecule has 2 aromatic carbocycles. The number of ether oxygens (including phenoxy) is 2. The normalized spacial score (nSPS) is 12.5. The lowest BCUT2D eigenvalue weighted by atomic mass is 9.86. The van der Waals surface area contributed by atoms with Crippen LogP contribution in [-0.2, 0) is 9.47 Å². The molecule has 0 bridgehead atoms. The number of hydrogen-bond donors (Lipinski definition) is 0. The summed E-state index contributed by atoms with van der Waals surface area (Å²) in [5.74, 6) is -1.63. The standard InChI is InChI=1S/C22H17ClN2O5/c1-2-29-11-12-30-22(28)18-17-19(25(24-18)14-9-7-13(23)8-10-14)21(27)16-6-4-3-5-15(16)20(17)26/h3-10H,2,11-12H2,1H3. The average molecular weight is 425 g/mol. The van der Waals surface area contributed by atoms with Crippen LogP contribution >= 0.6 is 11.6 Å². The van der Waals surface area contributed by atoms with Gasteiger partial charge in [0, 0.05) is 22.8 Å². The second kappa shape index (κ2) is 8.22. The summed E-state index contributed by atoms with van der Waals surface area (Å²) in [7, 11) is 0. The van der Waals surface area contributed by atoms with E-state index in [0.717, 1.165) is 0 Å². The Labute approximate surface area is 177 Å². The number of benzene rings is 2. The number of carbonyl (C=O) groups excluding carboxylic acids is 3. The summed E-state index contributed by atoms with van der Waals surface area (Å²) in [5, 5.41) is 4.79. The van der Waals surface area contributed by atoms with Gasteiger partial charge in [-0.2, -0.15) is 5.10 Å². The van der Waals surface area contributed by atoms with Gasteiger partial charge in [-0.15, -0.1) is 0 Å². The Morgan fingerprint density at radius 2 is 1.67 bits per heavy atom. The molecule has 0 saturated heterocycles. The molecule has 8 heteroatoms. The van der Waals surface area contributed by atoms with Crippen molar-refractivity contribution in [2.75, 3.05) is 19.8 Å². The minimum Gasteiger partial charge on any atom is -0.458 e. The molecule has 0 amide bonds. The summed E-state index contributed by atoms with van der Waals surface area (Å²) in [4.78, 5) is 39.1. The van der Waals surface area contributed by atoms with E-state index in [0.29, 0.717) is 17.3 Å². The van der Waals surface area contributed by atoms with E-state index < -0.39 is 17.5 Å². The molecule has 1 aromatic heterocycles. The third-order valence-corrected chi connectivity index (χ3v) is 4.93. The SMILES string of the molecule is CCOCCOC(=O)c1nn(-c2ccc(Cl)cc2)c2c1C(=O)c1ccccc1C2=O. The van der Waals surface area contributed by atoms with Crippen molar-refractivity contribution in [3.8, 4) is 5.69 Å². The van der Waals surface area contributed by atoms with Gasteiger partial charge in [-0.05, 0) is 31.2 Å².